The molecule has 2 heteroatoms. The zero-order valence-corrected chi connectivity index (χ0v) is 7.18. The molecule has 0 amide bonds. The summed E-state index contributed by atoms with van der Waals surface area (Å²) in [6, 6.07) is 0. The van der Waals surface area contributed by atoms with Gasteiger partial charge in [-0.3, -0.25) is 4.79 Å². The number of terminal acetylenes is 1. The van der Waals surface area contributed by atoms with Crippen molar-refractivity contribution in [2.75, 3.05) is 6.54 Å². The van der Waals surface area contributed by atoms with Crippen molar-refractivity contribution >= 4 is 5.78 Å². The highest BCUT2D eigenvalue weighted by Gasteiger charge is 2.31. The molecule has 2 N–H and O–H groups in total. The van der Waals surface area contributed by atoms with E-state index in [0.717, 1.165) is 12.8 Å². The van der Waals surface area contributed by atoms with Crippen LogP contribution in [0.5, 0.6) is 0 Å². The van der Waals surface area contributed by atoms with Crippen molar-refractivity contribution in [3.05, 3.63) is 0 Å². The molecule has 0 bridgehead atoms. The standard InChI is InChI=1S/C9H15NO/c1-4-8(11)9(5-2,6-3)7-10/h1H,5-7,10H2,2-3H3. The predicted molar refractivity (Wildman–Crippen MR) is 45.9 cm³/mol. The van der Waals surface area contributed by atoms with Crippen LogP contribution in [0.4, 0.5) is 0 Å². The summed E-state index contributed by atoms with van der Waals surface area (Å²) in [5.74, 6) is 1.98. The number of hydrogen-bond acceptors (Lipinski definition) is 2. The average molecular weight is 153 g/mol. The zero-order chi connectivity index (χ0) is 8.91. The van der Waals surface area contributed by atoms with Gasteiger partial charge in [0.15, 0.2) is 0 Å². The number of hydrogen-bond donors (Lipinski definition) is 1. The highest BCUT2D eigenvalue weighted by atomic mass is 16.1. The largest absolute Gasteiger partial charge is 0.329 e. The molecule has 0 aliphatic rings. The van der Waals surface area contributed by atoms with E-state index in [1.807, 2.05) is 13.8 Å². The maximum Gasteiger partial charge on any atom is 0.212 e. The molecule has 0 aliphatic carbocycles. The Bertz CT molecular complexity index is 166. The van der Waals surface area contributed by atoms with E-state index in [9.17, 15) is 4.79 Å². The van der Waals surface area contributed by atoms with Crippen LogP contribution in [0.25, 0.3) is 0 Å². The summed E-state index contributed by atoms with van der Waals surface area (Å²) in [5, 5.41) is 0. The van der Waals surface area contributed by atoms with E-state index in [4.69, 9.17) is 12.2 Å². The molecule has 0 rings (SSSR count). The van der Waals surface area contributed by atoms with Gasteiger partial charge < -0.3 is 5.73 Å². The molecule has 0 heterocycles. The molecule has 0 atom stereocenters. The third-order valence-electron chi connectivity index (χ3n) is 2.36. The quantitative estimate of drug-likeness (QED) is 0.482. The lowest BCUT2D eigenvalue weighted by Gasteiger charge is -2.25. The van der Waals surface area contributed by atoms with Gasteiger partial charge in [0.2, 0.25) is 5.78 Å². The van der Waals surface area contributed by atoms with E-state index < -0.39 is 5.41 Å². The first-order valence-electron chi connectivity index (χ1n) is 3.88. The van der Waals surface area contributed by atoms with Crippen molar-refractivity contribution in [2.24, 2.45) is 11.1 Å². The van der Waals surface area contributed by atoms with E-state index in [2.05, 4.69) is 5.92 Å². The molecular weight excluding hydrogens is 138 g/mol. The third kappa shape index (κ3) is 1.81. The number of carbonyl (C=O) groups is 1. The molecule has 0 spiro atoms. The van der Waals surface area contributed by atoms with Gasteiger partial charge in [0.1, 0.15) is 0 Å². The Morgan fingerprint density at radius 1 is 1.55 bits per heavy atom. The molecular formula is C9H15NO. The molecule has 2 nitrogen and oxygen atoms in total. The van der Waals surface area contributed by atoms with Crippen molar-refractivity contribution in [3.8, 4) is 12.3 Å². The van der Waals surface area contributed by atoms with Crippen LogP contribution in [0, 0.1) is 17.8 Å². The normalized spacial score (nSPS) is 10.7. The highest BCUT2D eigenvalue weighted by molar-refractivity contribution is 5.99. The fraction of sp³-hybridized carbons (Fsp3) is 0.667. The van der Waals surface area contributed by atoms with Gasteiger partial charge in [-0.15, -0.1) is 6.42 Å². The second-order valence-corrected chi connectivity index (χ2v) is 2.67. The first-order valence-corrected chi connectivity index (χ1v) is 3.88. The molecule has 0 aromatic rings. The van der Waals surface area contributed by atoms with Crippen LogP contribution >= 0.6 is 0 Å². The highest BCUT2D eigenvalue weighted by Crippen LogP contribution is 2.25. The lowest BCUT2D eigenvalue weighted by Crippen LogP contribution is -2.36. The van der Waals surface area contributed by atoms with Gasteiger partial charge in [0.25, 0.3) is 0 Å². The Balaban J connectivity index is 4.57. The molecule has 0 saturated carbocycles. The van der Waals surface area contributed by atoms with E-state index >= 15 is 0 Å². The first-order chi connectivity index (χ1) is 5.16. The van der Waals surface area contributed by atoms with Crippen LogP contribution in [0.3, 0.4) is 0 Å². The minimum Gasteiger partial charge on any atom is -0.329 e. The Kier molecular flexibility index (Phi) is 3.84. The predicted octanol–water partition coefficient (Wildman–Crippen LogP) is 0.954. The van der Waals surface area contributed by atoms with Gasteiger partial charge in [0, 0.05) is 6.54 Å². The average Bonchev–Trinajstić information content (AvgIpc) is 2.08. The molecule has 0 aliphatic heterocycles. The lowest BCUT2D eigenvalue weighted by molar-refractivity contribution is -0.122. The number of carbonyl (C=O) groups excluding carboxylic acids is 1. The molecule has 11 heavy (non-hydrogen) atoms. The Labute approximate surface area is 68.2 Å². The minimum absolute atomic E-state index is 0.162. The van der Waals surface area contributed by atoms with Crippen LogP contribution < -0.4 is 5.73 Å². The maximum absolute atomic E-state index is 11.2. The summed E-state index contributed by atoms with van der Waals surface area (Å²) in [7, 11) is 0. The van der Waals surface area contributed by atoms with Crippen LogP contribution in [0.15, 0.2) is 0 Å². The Morgan fingerprint density at radius 3 is 2.09 bits per heavy atom. The number of Topliss-reactive ketones (excluding diaryl/α,β-unsaturated/α-hetero) is 1. The number of rotatable bonds is 4. The molecule has 0 saturated heterocycles. The zero-order valence-electron chi connectivity index (χ0n) is 7.18. The van der Waals surface area contributed by atoms with Crippen molar-refractivity contribution in [2.45, 2.75) is 26.7 Å². The molecule has 0 aromatic carbocycles. The minimum atomic E-state index is -0.464. The maximum atomic E-state index is 11.2. The fourth-order valence-electron chi connectivity index (χ4n) is 1.11. The van der Waals surface area contributed by atoms with Crippen molar-refractivity contribution < 1.29 is 4.79 Å². The second kappa shape index (κ2) is 4.15. The fourth-order valence-corrected chi connectivity index (χ4v) is 1.11. The molecule has 0 aromatic heterocycles. The van der Waals surface area contributed by atoms with Gasteiger partial charge in [-0.2, -0.15) is 0 Å². The number of ketones is 1. The van der Waals surface area contributed by atoms with E-state index in [-0.39, 0.29) is 5.78 Å². The van der Waals surface area contributed by atoms with Gasteiger partial charge >= 0.3 is 0 Å². The van der Waals surface area contributed by atoms with E-state index in [1.54, 1.807) is 0 Å². The van der Waals surface area contributed by atoms with Gasteiger partial charge in [0.05, 0.1) is 5.41 Å². The Morgan fingerprint density at radius 2 is 2.00 bits per heavy atom. The van der Waals surface area contributed by atoms with Crippen molar-refractivity contribution in [3.63, 3.8) is 0 Å². The van der Waals surface area contributed by atoms with Crippen LogP contribution in [-0.4, -0.2) is 12.3 Å². The van der Waals surface area contributed by atoms with E-state index in [1.165, 1.54) is 0 Å². The lowest BCUT2D eigenvalue weighted by atomic mass is 9.78. The van der Waals surface area contributed by atoms with Crippen LogP contribution in [-0.2, 0) is 4.79 Å². The summed E-state index contributed by atoms with van der Waals surface area (Å²) < 4.78 is 0. The summed E-state index contributed by atoms with van der Waals surface area (Å²) in [5.41, 5.74) is 5.03. The van der Waals surface area contributed by atoms with E-state index in [0.29, 0.717) is 6.54 Å². The summed E-state index contributed by atoms with van der Waals surface area (Å²) in [6.07, 6.45) is 6.48. The van der Waals surface area contributed by atoms with Crippen LogP contribution in [0.1, 0.15) is 26.7 Å². The monoisotopic (exact) mass is 153 g/mol. The van der Waals surface area contributed by atoms with Gasteiger partial charge in [-0.1, -0.05) is 13.8 Å². The molecule has 62 valence electrons. The first kappa shape index (κ1) is 10.2. The second-order valence-electron chi connectivity index (χ2n) is 2.67. The Hall–Kier alpha value is -0.810. The third-order valence-corrected chi connectivity index (χ3v) is 2.36. The summed E-state index contributed by atoms with van der Waals surface area (Å²) in [4.78, 5) is 11.2. The van der Waals surface area contributed by atoms with Crippen molar-refractivity contribution in [1.29, 1.82) is 0 Å². The summed E-state index contributed by atoms with van der Waals surface area (Å²) >= 11 is 0. The van der Waals surface area contributed by atoms with Gasteiger partial charge in [-0.25, -0.2) is 0 Å². The summed E-state index contributed by atoms with van der Waals surface area (Å²) in [6.45, 7) is 4.22. The van der Waals surface area contributed by atoms with Crippen molar-refractivity contribution in [1.82, 2.24) is 0 Å². The number of nitrogens with two attached hydrogens (primary N) is 1. The molecule has 0 fully saturated rings. The topological polar surface area (TPSA) is 43.1 Å². The molecule has 0 radical (unpaired) electrons. The smallest absolute Gasteiger partial charge is 0.212 e. The van der Waals surface area contributed by atoms with Gasteiger partial charge in [-0.05, 0) is 18.8 Å². The SMILES string of the molecule is C#CC(=O)C(CC)(CC)CN. The van der Waals surface area contributed by atoms with Crippen LogP contribution in [0.2, 0.25) is 0 Å². The molecule has 0 unspecified atom stereocenters.